The second-order valence-electron chi connectivity index (χ2n) is 8.76. The number of esters is 3. The SMILES string of the molecule is CC(=O)O[C@@H]1[C@@H](OC(C)=O)[C@H](OC(C)=O)CO[C@H]1n1cc(Cc2ccccc2)c2ccc(C)cc21. The lowest BCUT2D eigenvalue weighted by molar-refractivity contribution is -0.239. The Morgan fingerprint density at radius 3 is 2.23 bits per heavy atom. The first-order valence-corrected chi connectivity index (χ1v) is 11.5. The van der Waals surface area contributed by atoms with E-state index in [1.54, 1.807) is 0 Å². The van der Waals surface area contributed by atoms with Crippen LogP contribution in [-0.4, -0.2) is 47.4 Å². The van der Waals surface area contributed by atoms with Crippen molar-refractivity contribution < 1.29 is 33.3 Å². The van der Waals surface area contributed by atoms with Crippen molar-refractivity contribution in [3.05, 3.63) is 71.4 Å². The second-order valence-corrected chi connectivity index (χ2v) is 8.76. The van der Waals surface area contributed by atoms with Crippen LogP contribution in [0.4, 0.5) is 0 Å². The Kier molecular flexibility index (Phi) is 7.21. The lowest BCUT2D eigenvalue weighted by atomic mass is 10.0. The zero-order valence-corrected chi connectivity index (χ0v) is 20.2. The van der Waals surface area contributed by atoms with Gasteiger partial charge in [0.15, 0.2) is 24.5 Å². The molecule has 35 heavy (non-hydrogen) atoms. The maximum absolute atomic E-state index is 12.1. The Labute approximate surface area is 203 Å². The van der Waals surface area contributed by atoms with Crippen LogP contribution in [0, 0.1) is 6.92 Å². The molecule has 1 aliphatic heterocycles. The fraction of sp³-hybridized carbons (Fsp3) is 0.370. The van der Waals surface area contributed by atoms with Gasteiger partial charge in [-0.25, -0.2) is 0 Å². The summed E-state index contributed by atoms with van der Waals surface area (Å²) in [6.45, 7) is 5.76. The van der Waals surface area contributed by atoms with E-state index in [9.17, 15) is 14.4 Å². The van der Waals surface area contributed by atoms with Gasteiger partial charge in [-0.15, -0.1) is 0 Å². The molecule has 4 atom stereocenters. The molecule has 184 valence electrons. The van der Waals surface area contributed by atoms with Gasteiger partial charge in [-0.1, -0.05) is 42.5 Å². The van der Waals surface area contributed by atoms with Gasteiger partial charge in [0.2, 0.25) is 0 Å². The molecule has 0 aliphatic carbocycles. The molecule has 0 unspecified atom stereocenters. The minimum absolute atomic E-state index is 0.0283. The van der Waals surface area contributed by atoms with Gasteiger partial charge in [0.05, 0.1) is 12.1 Å². The summed E-state index contributed by atoms with van der Waals surface area (Å²) in [5.74, 6) is -1.70. The highest BCUT2D eigenvalue weighted by molar-refractivity contribution is 5.85. The highest BCUT2D eigenvalue weighted by atomic mass is 16.6. The van der Waals surface area contributed by atoms with Crippen molar-refractivity contribution in [2.24, 2.45) is 0 Å². The minimum atomic E-state index is -1.03. The third-order valence-electron chi connectivity index (χ3n) is 5.91. The van der Waals surface area contributed by atoms with E-state index in [2.05, 4.69) is 18.2 Å². The molecule has 0 radical (unpaired) electrons. The highest BCUT2D eigenvalue weighted by Gasteiger charge is 2.48. The second kappa shape index (κ2) is 10.3. The maximum atomic E-state index is 12.1. The van der Waals surface area contributed by atoms with E-state index in [0.29, 0.717) is 6.42 Å². The number of aryl methyl sites for hydroxylation is 1. The first-order chi connectivity index (χ1) is 16.7. The smallest absolute Gasteiger partial charge is 0.303 e. The largest absolute Gasteiger partial charge is 0.456 e. The fourth-order valence-corrected chi connectivity index (χ4v) is 4.56. The topological polar surface area (TPSA) is 93.1 Å². The summed E-state index contributed by atoms with van der Waals surface area (Å²) >= 11 is 0. The average Bonchev–Trinajstić information content (AvgIpc) is 3.13. The number of nitrogens with zero attached hydrogens (tertiary/aromatic N) is 1. The fourth-order valence-electron chi connectivity index (χ4n) is 4.56. The number of hydrogen-bond donors (Lipinski definition) is 0. The number of carbonyl (C=O) groups excluding carboxylic acids is 3. The number of hydrogen-bond acceptors (Lipinski definition) is 7. The predicted octanol–water partition coefficient (Wildman–Crippen LogP) is 3.86. The van der Waals surface area contributed by atoms with Gasteiger partial charge in [0.25, 0.3) is 0 Å². The summed E-state index contributed by atoms with van der Waals surface area (Å²) in [6.07, 6.45) is -1.10. The van der Waals surface area contributed by atoms with E-state index < -0.39 is 42.4 Å². The molecule has 4 rings (SSSR count). The molecule has 8 nitrogen and oxygen atoms in total. The normalized spacial score (nSPS) is 21.9. The Bertz CT molecular complexity index is 1230. The van der Waals surface area contributed by atoms with Crippen molar-refractivity contribution >= 4 is 28.8 Å². The Morgan fingerprint density at radius 1 is 0.914 bits per heavy atom. The van der Waals surface area contributed by atoms with E-state index in [1.807, 2.05) is 48.0 Å². The van der Waals surface area contributed by atoms with Crippen LogP contribution in [0.25, 0.3) is 10.9 Å². The van der Waals surface area contributed by atoms with Crippen LogP contribution < -0.4 is 0 Å². The van der Waals surface area contributed by atoms with Crippen molar-refractivity contribution in [3.63, 3.8) is 0 Å². The van der Waals surface area contributed by atoms with Gasteiger partial charge in [-0.05, 0) is 36.1 Å². The van der Waals surface area contributed by atoms with Crippen LogP contribution >= 0.6 is 0 Å². The molecule has 0 spiro atoms. The zero-order valence-electron chi connectivity index (χ0n) is 20.2. The van der Waals surface area contributed by atoms with Crippen LogP contribution in [0.1, 0.15) is 43.7 Å². The van der Waals surface area contributed by atoms with E-state index in [4.69, 9.17) is 18.9 Å². The molecule has 0 amide bonds. The highest BCUT2D eigenvalue weighted by Crippen LogP contribution is 2.35. The third-order valence-corrected chi connectivity index (χ3v) is 5.91. The summed E-state index contributed by atoms with van der Waals surface area (Å²) in [5, 5.41) is 1.04. The molecule has 2 aromatic carbocycles. The molecular formula is C27H29NO7. The molecule has 1 aromatic heterocycles. The van der Waals surface area contributed by atoms with Crippen LogP contribution in [0.15, 0.2) is 54.7 Å². The molecule has 1 fully saturated rings. The van der Waals surface area contributed by atoms with Crippen LogP contribution in [-0.2, 0) is 39.8 Å². The summed E-state index contributed by atoms with van der Waals surface area (Å²) in [4.78, 5) is 35.7. The minimum Gasteiger partial charge on any atom is -0.456 e. The lowest BCUT2D eigenvalue weighted by Crippen LogP contribution is -2.55. The first kappa shape index (κ1) is 24.5. The molecule has 0 bridgehead atoms. The van der Waals surface area contributed by atoms with Gasteiger partial charge in [0, 0.05) is 32.4 Å². The molecule has 0 saturated carbocycles. The number of carbonyl (C=O) groups is 3. The van der Waals surface area contributed by atoms with Gasteiger partial charge in [0.1, 0.15) is 0 Å². The van der Waals surface area contributed by atoms with Gasteiger partial charge < -0.3 is 23.5 Å². The van der Waals surface area contributed by atoms with E-state index in [1.165, 1.54) is 20.8 Å². The Hall–Kier alpha value is -3.65. The molecule has 1 aliphatic rings. The summed E-state index contributed by atoms with van der Waals surface area (Å²) in [5.41, 5.74) is 4.17. The Balaban J connectivity index is 1.80. The predicted molar refractivity (Wildman–Crippen MR) is 128 cm³/mol. The molecular weight excluding hydrogens is 450 g/mol. The van der Waals surface area contributed by atoms with Crippen molar-refractivity contribution in [2.75, 3.05) is 6.61 Å². The van der Waals surface area contributed by atoms with Crippen molar-refractivity contribution in [2.45, 2.75) is 58.7 Å². The number of aromatic nitrogens is 1. The summed E-state index contributed by atoms with van der Waals surface area (Å²) < 4.78 is 24.6. The number of benzene rings is 2. The van der Waals surface area contributed by atoms with Crippen LogP contribution in [0.5, 0.6) is 0 Å². The van der Waals surface area contributed by atoms with Crippen molar-refractivity contribution in [3.8, 4) is 0 Å². The molecule has 0 N–H and O–H groups in total. The summed E-state index contributed by atoms with van der Waals surface area (Å²) in [6, 6.07) is 16.3. The number of rotatable bonds is 6. The van der Waals surface area contributed by atoms with E-state index >= 15 is 0 Å². The van der Waals surface area contributed by atoms with Gasteiger partial charge in [-0.2, -0.15) is 0 Å². The monoisotopic (exact) mass is 479 g/mol. The standard InChI is InChI=1S/C27H29NO7/c1-16-10-11-22-21(13-20-8-6-5-7-9-20)14-28(23(22)12-16)27-26(35-19(4)31)25(34-18(3)30)24(15-32-27)33-17(2)29/h5-12,14,24-27H,13,15H2,1-4H3/t24-,25+,26-,27-/m1/s1. The molecule has 8 heteroatoms. The third kappa shape index (κ3) is 5.54. The van der Waals surface area contributed by atoms with Crippen LogP contribution in [0.3, 0.4) is 0 Å². The molecule has 3 aromatic rings. The van der Waals surface area contributed by atoms with E-state index in [0.717, 1.165) is 27.6 Å². The van der Waals surface area contributed by atoms with Crippen molar-refractivity contribution in [1.82, 2.24) is 4.57 Å². The first-order valence-electron chi connectivity index (χ1n) is 11.5. The average molecular weight is 480 g/mol. The maximum Gasteiger partial charge on any atom is 0.303 e. The lowest BCUT2D eigenvalue weighted by Gasteiger charge is -2.41. The van der Waals surface area contributed by atoms with Gasteiger partial charge in [-0.3, -0.25) is 14.4 Å². The Morgan fingerprint density at radius 2 is 1.57 bits per heavy atom. The number of fused-ring (bicyclic) bond motifs is 1. The summed E-state index contributed by atoms with van der Waals surface area (Å²) in [7, 11) is 0. The molecule has 2 heterocycles. The quantitative estimate of drug-likeness (QED) is 0.391. The van der Waals surface area contributed by atoms with Crippen molar-refractivity contribution in [1.29, 1.82) is 0 Å². The molecule has 1 saturated heterocycles. The van der Waals surface area contributed by atoms with Crippen LogP contribution in [0.2, 0.25) is 0 Å². The zero-order chi connectivity index (χ0) is 25.1. The van der Waals surface area contributed by atoms with E-state index in [-0.39, 0.29) is 6.61 Å². The number of ether oxygens (including phenoxy) is 4. The van der Waals surface area contributed by atoms with Gasteiger partial charge >= 0.3 is 17.9 Å².